The summed E-state index contributed by atoms with van der Waals surface area (Å²) in [5.41, 5.74) is 2.44. The molecule has 0 aliphatic heterocycles. The van der Waals surface area contributed by atoms with Gasteiger partial charge in [0.2, 0.25) is 0 Å². The summed E-state index contributed by atoms with van der Waals surface area (Å²) in [5, 5.41) is 10.8. The fourth-order valence-electron chi connectivity index (χ4n) is 1.30. The lowest BCUT2D eigenvalue weighted by molar-refractivity contribution is -0.384. The summed E-state index contributed by atoms with van der Waals surface area (Å²) in [7, 11) is 1.63. The second kappa shape index (κ2) is 5.26. The van der Waals surface area contributed by atoms with E-state index in [-0.39, 0.29) is 22.8 Å². The first-order valence-corrected chi connectivity index (χ1v) is 5.01. The van der Waals surface area contributed by atoms with Gasteiger partial charge in [0.05, 0.1) is 4.92 Å². The summed E-state index contributed by atoms with van der Waals surface area (Å²) in [6.45, 7) is 2.35. The maximum atomic E-state index is 11.8. The van der Waals surface area contributed by atoms with Gasteiger partial charge >= 0.3 is 0 Å². The van der Waals surface area contributed by atoms with Crippen LogP contribution in [0, 0.1) is 10.1 Å². The number of nitrogens with one attached hydrogen (secondary N) is 1. The normalized spacial score (nSPS) is 9.82. The van der Waals surface area contributed by atoms with Crippen LogP contribution in [0.25, 0.3) is 0 Å². The zero-order valence-corrected chi connectivity index (χ0v) is 9.64. The molecule has 0 unspecified atom stereocenters. The van der Waals surface area contributed by atoms with Gasteiger partial charge in [-0.1, -0.05) is 0 Å². The van der Waals surface area contributed by atoms with Crippen LogP contribution >= 0.6 is 0 Å². The first kappa shape index (κ1) is 12.9. The smallest absolute Gasteiger partial charge is 0.294 e. The SMILES string of the molecule is CCN(C)C(=O)c1ccc(NN)c([N+](=O)[O-])c1. The average molecular weight is 238 g/mol. The van der Waals surface area contributed by atoms with Gasteiger partial charge in [-0.25, -0.2) is 0 Å². The van der Waals surface area contributed by atoms with Crippen LogP contribution in [0.2, 0.25) is 0 Å². The number of hydrogen-bond donors (Lipinski definition) is 2. The zero-order chi connectivity index (χ0) is 13.0. The molecule has 7 nitrogen and oxygen atoms in total. The van der Waals surface area contributed by atoms with E-state index in [9.17, 15) is 14.9 Å². The van der Waals surface area contributed by atoms with Crippen LogP contribution in [0.1, 0.15) is 17.3 Å². The van der Waals surface area contributed by atoms with E-state index in [1.807, 2.05) is 6.92 Å². The van der Waals surface area contributed by atoms with Crippen molar-refractivity contribution in [2.75, 3.05) is 19.0 Å². The second-order valence-corrected chi connectivity index (χ2v) is 3.45. The number of nitrogens with zero attached hydrogens (tertiary/aromatic N) is 2. The Hall–Kier alpha value is -2.15. The van der Waals surface area contributed by atoms with E-state index < -0.39 is 4.92 Å². The second-order valence-electron chi connectivity index (χ2n) is 3.45. The Morgan fingerprint density at radius 3 is 2.71 bits per heavy atom. The van der Waals surface area contributed by atoms with Gasteiger partial charge in [0, 0.05) is 25.2 Å². The molecule has 0 aromatic heterocycles. The summed E-state index contributed by atoms with van der Waals surface area (Å²) in [6.07, 6.45) is 0. The Morgan fingerprint density at radius 1 is 1.59 bits per heavy atom. The van der Waals surface area contributed by atoms with E-state index in [0.29, 0.717) is 6.54 Å². The Labute approximate surface area is 98.3 Å². The fourth-order valence-corrected chi connectivity index (χ4v) is 1.30. The van der Waals surface area contributed by atoms with Crippen LogP contribution < -0.4 is 11.3 Å². The van der Waals surface area contributed by atoms with Gasteiger partial charge < -0.3 is 10.3 Å². The number of benzene rings is 1. The van der Waals surface area contributed by atoms with Crippen molar-refractivity contribution in [1.82, 2.24) is 4.90 Å². The Morgan fingerprint density at radius 2 is 2.24 bits per heavy atom. The van der Waals surface area contributed by atoms with Crippen molar-refractivity contribution in [3.8, 4) is 0 Å². The minimum absolute atomic E-state index is 0.172. The zero-order valence-electron chi connectivity index (χ0n) is 9.64. The molecule has 0 fully saturated rings. The van der Waals surface area contributed by atoms with Crippen molar-refractivity contribution in [2.24, 2.45) is 5.84 Å². The fraction of sp³-hybridized carbons (Fsp3) is 0.300. The largest absolute Gasteiger partial charge is 0.342 e. The number of nitro benzene ring substituents is 1. The average Bonchev–Trinajstić information content (AvgIpc) is 2.35. The van der Waals surface area contributed by atoms with E-state index in [4.69, 9.17) is 5.84 Å². The number of carbonyl (C=O) groups excluding carboxylic acids is 1. The number of carbonyl (C=O) groups is 1. The Balaban J connectivity index is 3.16. The Bertz CT molecular complexity index is 447. The number of amides is 1. The number of hydrazine groups is 1. The highest BCUT2D eigenvalue weighted by Gasteiger charge is 2.18. The minimum atomic E-state index is -0.585. The lowest BCUT2D eigenvalue weighted by Gasteiger charge is -2.14. The van der Waals surface area contributed by atoms with Crippen LogP contribution in [-0.4, -0.2) is 29.3 Å². The predicted octanol–water partition coefficient (Wildman–Crippen LogP) is 0.972. The molecule has 17 heavy (non-hydrogen) atoms. The Kier molecular flexibility index (Phi) is 4.00. The maximum absolute atomic E-state index is 11.8. The molecule has 0 saturated heterocycles. The lowest BCUT2D eigenvalue weighted by atomic mass is 10.1. The topological polar surface area (TPSA) is 102 Å². The van der Waals surface area contributed by atoms with Gasteiger partial charge in [-0.3, -0.25) is 20.8 Å². The van der Waals surface area contributed by atoms with Crippen LogP contribution in [0.5, 0.6) is 0 Å². The van der Waals surface area contributed by atoms with Crippen molar-refractivity contribution in [3.05, 3.63) is 33.9 Å². The van der Waals surface area contributed by atoms with Crippen molar-refractivity contribution >= 4 is 17.3 Å². The summed E-state index contributed by atoms with van der Waals surface area (Å²) < 4.78 is 0. The molecule has 1 amide bonds. The first-order chi connectivity index (χ1) is 8.01. The molecular weight excluding hydrogens is 224 g/mol. The number of anilines is 1. The number of nitrogens with two attached hydrogens (primary N) is 1. The summed E-state index contributed by atoms with van der Waals surface area (Å²) >= 11 is 0. The summed E-state index contributed by atoms with van der Waals surface area (Å²) in [4.78, 5) is 23.5. The monoisotopic (exact) mass is 238 g/mol. The molecule has 0 radical (unpaired) electrons. The molecule has 0 aliphatic rings. The van der Waals surface area contributed by atoms with Gasteiger partial charge in [-0.2, -0.15) is 0 Å². The molecule has 0 spiro atoms. The van der Waals surface area contributed by atoms with Crippen molar-refractivity contribution < 1.29 is 9.72 Å². The van der Waals surface area contributed by atoms with Crippen LogP contribution in [0.4, 0.5) is 11.4 Å². The molecule has 1 aromatic carbocycles. The third-order valence-corrected chi connectivity index (χ3v) is 2.42. The van der Waals surface area contributed by atoms with E-state index in [1.165, 1.54) is 23.1 Å². The van der Waals surface area contributed by atoms with E-state index in [2.05, 4.69) is 5.43 Å². The number of rotatable bonds is 4. The summed E-state index contributed by atoms with van der Waals surface area (Å²) in [5.74, 6) is 4.89. The van der Waals surface area contributed by atoms with Crippen molar-refractivity contribution in [2.45, 2.75) is 6.92 Å². The van der Waals surface area contributed by atoms with Crippen LogP contribution in [0.15, 0.2) is 18.2 Å². The standard InChI is InChI=1S/C10H14N4O3/c1-3-13(2)10(15)7-4-5-8(12-11)9(6-7)14(16)17/h4-6,12H,3,11H2,1-2H3. The number of nitrogen functional groups attached to an aromatic ring is 1. The third-order valence-electron chi connectivity index (χ3n) is 2.42. The summed E-state index contributed by atoms with van der Waals surface area (Å²) in [6, 6.07) is 4.12. The highest BCUT2D eigenvalue weighted by Crippen LogP contribution is 2.24. The molecule has 0 atom stereocenters. The highest BCUT2D eigenvalue weighted by atomic mass is 16.6. The third kappa shape index (κ3) is 2.70. The molecule has 0 heterocycles. The van der Waals surface area contributed by atoms with Crippen LogP contribution in [-0.2, 0) is 0 Å². The van der Waals surface area contributed by atoms with E-state index in [1.54, 1.807) is 7.05 Å². The van der Waals surface area contributed by atoms with Gasteiger partial charge in [0.1, 0.15) is 5.69 Å². The predicted molar refractivity (Wildman–Crippen MR) is 63.5 cm³/mol. The van der Waals surface area contributed by atoms with E-state index >= 15 is 0 Å². The molecule has 1 aromatic rings. The molecule has 1 rings (SSSR count). The molecule has 0 saturated carbocycles. The number of nitro groups is 1. The number of hydrogen-bond acceptors (Lipinski definition) is 5. The van der Waals surface area contributed by atoms with Crippen molar-refractivity contribution in [1.29, 1.82) is 0 Å². The first-order valence-electron chi connectivity index (χ1n) is 5.01. The van der Waals surface area contributed by atoms with Gasteiger partial charge in [-0.05, 0) is 19.1 Å². The van der Waals surface area contributed by atoms with Crippen LogP contribution in [0.3, 0.4) is 0 Å². The quantitative estimate of drug-likeness (QED) is 0.462. The molecule has 7 heteroatoms. The molecule has 3 N–H and O–H groups in total. The lowest BCUT2D eigenvalue weighted by Crippen LogP contribution is -2.26. The molecule has 0 aliphatic carbocycles. The van der Waals surface area contributed by atoms with Gasteiger partial charge in [-0.15, -0.1) is 0 Å². The molecule has 92 valence electrons. The van der Waals surface area contributed by atoms with Gasteiger partial charge in [0.15, 0.2) is 0 Å². The van der Waals surface area contributed by atoms with E-state index in [0.717, 1.165) is 0 Å². The van der Waals surface area contributed by atoms with Gasteiger partial charge in [0.25, 0.3) is 11.6 Å². The minimum Gasteiger partial charge on any atom is -0.342 e. The molecule has 0 bridgehead atoms. The van der Waals surface area contributed by atoms with Crippen molar-refractivity contribution in [3.63, 3.8) is 0 Å². The molecular formula is C10H14N4O3. The maximum Gasteiger partial charge on any atom is 0.294 e. The highest BCUT2D eigenvalue weighted by molar-refractivity contribution is 5.95.